The molecule has 0 amide bonds. The highest BCUT2D eigenvalue weighted by molar-refractivity contribution is 9.11. The molecule has 21 heavy (non-hydrogen) atoms. The number of hydrogen-bond acceptors (Lipinski definition) is 4. The summed E-state index contributed by atoms with van der Waals surface area (Å²) in [6.45, 7) is 0. The molecule has 8 heteroatoms. The minimum absolute atomic E-state index is 0.363. The molecule has 0 aliphatic heterocycles. The van der Waals surface area contributed by atoms with Crippen molar-refractivity contribution in [3.8, 4) is 0 Å². The summed E-state index contributed by atoms with van der Waals surface area (Å²) in [5, 5.41) is 22.9. The largest absolute Gasteiger partial charge is 0.477 e. The molecule has 0 aliphatic rings. The maximum Gasteiger partial charge on any atom is 0.342 e. The second-order valence-electron chi connectivity index (χ2n) is 4.04. The van der Waals surface area contributed by atoms with Gasteiger partial charge in [0.15, 0.2) is 0 Å². The molecule has 0 bridgehead atoms. The predicted octanol–water partition coefficient (Wildman–Crippen LogP) is 4.56. The van der Waals surface area contributed by atoms with Gasteiger partial charge in [0.05, 0.1) is 10.6 Å². The van der Waals surface area contributed by atoms with Crippen LogP contribution in [0.15, 0.2) is 45.3 Å². The summed E-state index contributed by atoms with van der Waals surface area (Å²) in [6, 6.07) is 9.28. The van der Waals surface area contributed by atoms with Gasteiger partial charge in [-0.15, -0.1) is 0 Å². The molecule has 0 radical (unpaired) electrons. The van der Waals surface area contributed by atoms with Crippen molar-refractivity contribution in [1.29, 1.82) is 0 Å². The molecular formula is C13H8Br2N2O4. The van der Waals surface area contributed by atoms with Gasteiger partial charge in [0.2, 0.25) is 0 Å². The van der Waals surface area contributed by atoms with Crippen LogP contribution < -0.4 is 5.32 Å². The van der Waals surface area contributed by atoms with Crippen LogP contribution in [0.2, 0.25) is 0 Å². The third-order valence-corrected chi connectivity index (χ3v) is 3.78. The zero-order chi connectivity index (χ0) is 15.6. The number of rotatable bonds is 4. The third kappa shape index (κ3) is 3.59. The summed E-state index contributed by atoms with van der Waals surface area (Å²) in [5.41, 5.74) is 0.352. The summed E-state index contributed by atoms with van der Waals surface area (Å²) >= 11 is 6.70. The number of nitrogens with zero attached hydrogens (tertiary/aromatic N) is 1. The van der Waals surface area contributed by atoms with Gasteiger partial charge in [-0.25, -0.2) is 4.79 Å². The molecule has 0 saturated heterocycles. The summed E-state index contributed by atoms with van der Waals surface area (Å²) in [7, 11) is 0. The molecule has 0 atom stereocenters. The fourth-order valence-electron chi connectivity index (χ4n) is 1.69. The first-order chi connectivity index (χ1) is 9.88. The number of hydrogen-bond donors (Lipinski definition) is 2. The molecule has 108 valence electrons. The summed E-state index contributed by atoms with van der Waals surface area (Å²) in [5.74, 6) is -1.35. The van der Waals surface area contributed by atoms with Crippen molar-refractivity contribution in [2.24, 2.45) is 0 Å². The zero-order valence-corrected chi connectivity index (χ0v) is 13.5. The minimum atomic E-state index is -1.35. The van der Waals surface area contributed by atoms with E-state index in [0.29, 0.717) is 11.4 Å². The van der Waals surface area contributed by atoms with E-state index in [1.54, 1.807) is 6.07 Å². The van der Waals surface area contributed by atoms with Gasteiger partial charge in [0, 0.05) is 20.7 Å². The van der Waals surface area contributed by atoms with Gasteiger partial charge >= 0.3 is 5.97 Å². The van der Waals surface area contributed by atoms with Crippen molar-refractivity contribution < 1.29 is 14.8 Å². The molecule has 2 aromatic carbocycles. The van der Waals surface area contributed by atoms with Crippen LogP contribution in [0.5, 0.6) is 0 Å². The number of aromatic carboxylic acids is 1. The highest BCUT2D eigenvalue weighted by atomic mass is 79.9. The molecule has 2 N–H and O–H groups in total. The molecule has 0 saturated carbocycles. The van der Waals surface area contributed by atoms with E-state index in [1.807, 2.05) is 12.1 Å². The van der Waals surface area contributed by atoms with Crippen LogP contribution in [0.25, 0.3) is 0 Å². The van der Waals surface area contributed by atoms with Gasteiger partial charge in [0.1, 0.15) is 5.56 Å². The Morgan fingerprint density at radius 3 is 2.48 bits per heavy atom. The van der Waals surface area contributed by atoms with Crippen molar-refractivity contribution in [3.05, 3.63) is 61.0 Å². The average molecular weight is 416 g/mol. The number of nitro groups is 1. The van der Waals surface area contributed by atoms with Crippen LogP contribution in [0.3, 0.4) is 0 Å². The van der Waals surface area contributed by atoms with E-state index < -0.39 is 16.6 Å². The quantitative estimate of drug-likeness (QED) is 0.563. The molecule has 0 spiro atoms. The lowest BCUT2D eigenvalue weighted by Gasteiger charge is -2.09. The lowest BCUT2D eigenvalue weighted by atomic mass is 10.1. The van der Waals surface area contributed by atoms with Crippen LogP contribution in [0, 0.1) is 10.1 Å². The number of halogens is 2. The Labute approximate surface area is 136 Å². The normalized spacial score (nSPS) is 10.2. The Kier molecular flexibility index (Phi) is 4.59. The number of carboxylic acids is 1. The van der Waals surface area contributed by atoms with Crippen LogP contribution in [-0.2, 0) is 0 Å². The minimum Gasteiger partial charge on any atom is -0.477 e. The third-order valence-electron chi connectivity index (χ3n) is 2.63. The molecule has 0 heterocycles. The fourth-order valence-corrected chi connectivity index (χ4v) is 2.84. The smallest absolute Gasteiger partial charge is 0.342 e. The standard InChI is InChI=1S/C13H8Br2N2O4/c14-7-1-3-11(10(15)5-7)16-8-2-4-12(17(20)21)9(6-8)13(18)19/h1-6,16H,(H,18,19). The average Bonchev–Trinajstić information content (AvgIpc) is 2.41. The van der Waals surface area contributed by atoms with E-state index >= 15 is 0 Å². The summed E-state index contributed by atoms with van der Waals surface area (Å²) in [6.07, 6.45) is 0. The maximum absolute atomic E-state index is 11.1. The molecule has 0 fully saturated rings. The van der Waals surface area contributed by atoms with Crippen molar-refractivity contribution in [1.82, 2.24) is 0 Å². The molecule has 2 aromatic rings. The number of anilines is 2. The topological polar surface area (TPSA) is 92.5 Å². The van der Waals surface area contributed by atoms with Crippen LogP contribution >= 0.6 is 31.9 Å². The molecule has 2 rings (SSSR count). The second-order valence-corrected chi connectivity index (χ2v) is 5.81. The number of carbonyl (C=O) groups is 1. The van der Waals surface area contributed by atoms with Gasteiger partial charge in [-0.3, -0.25) is 10.1 Å². The molecule has 0 aliphatic carbocycles. The van der Waals surface area contributed by atoms with Crippen molar-refractivity contribution in [2.75, 3.05) is 5.32 Å². The number of nitro benzene ring substituents is 1. The predicted molar refractivity (Wildman–Crippen MR) is 85.2 cm³/mol. The Balaban J connectivity index is 2.39. The highest BCUT2D eigenvalue weighted by Gasteiger charge is 2.20. The first kappa shape index (κ1) is 15.5. The van der Waals surface area contributed by atoms with E-state index in [-0.39, 0.29) is 5.56 Å². The van der Waals surface area contributed by atoms with E-state index in [2.05, 4.69) is 37.2 Å². The van der Waals surface area contributed by atoms with E-state index in [0.717, 1.165) is 8.95 Å². The van der Waals surface area contributed by atoms with Crippen molar-refractivity contribution >= 4 is 54.9 Å². The first-order valence-electron chi connectivity index (χ1n) is 5.62. The van der Waals surface area contributed by atoms with Gasteiger partial charge in [0.25, 0.3) is 5.69 Å². The first-order valence-corrected chi connectivity index (χ1v) is 7.21. The van der Waals surface area contributed by atoms with Crippen LogP contribution in [0.1, 0.15) is 10.4 Å². The Morgan fingerprint density at radius 2 is 1.90 bits per heavy atom. The van der Waals surface area contributed by atoms with Gasteiger partial charge < -0.3 is 10.4 Å². The molecule has 6 nitrogen and oxygen atoms in total. The Hall–Kier alpha value is -1.93. The summed E-state index contributed by atoms with van der Waals surface area (Å²) < 4.78 is 1.65. The lowest BCUT2D eigenvalue weighted by Crippen LogP contribution is -2.03. The number of benzene rings is 2. The highest BCUT2D eigenvalue weighted by Crippen LogP contribution is 2.30. The SMILES string of the molecule is O=C(O)c1cc(Nc2ccc(Br)cc2Br)ccc1[N+](=O)[O-]. The van der Waals surface area contributed by atoms with Gasteiger partial charge in [-0.1, -0.05) is 15.9 Å². The Bertz CT molecular complexity index is 734. The maximum atomic E-state index is 11.1. The van der Waals surface area contributed by atoms with E-state index in [4.69, 9.17) is 5.11 Å². The molecule has 0 unspecified atom stereocenters. The van der Waals surface area contributed by atoms with Crippen molar-refractivity contribution in [3.63, 3.8) is 0 Å². The van der Waals surface area contributed by atoms with Crippen molar-refractivity contribution in [2.45, 2.75) is 0 Å². The summed E-state index contributed by atoms with van der Waals surface area (Å²) in [4.78, 5) is 21.2. The monoisotopic (exact) mass is 414 g/mol. The fraction of sp³-hybridized carbons (Fsp3) is 0. The van der Waals surface area contributed by atoms with Gasteiger partial charge in [-0.05, 0) is 46.3 Å². The van der Waals surface area contributed by atoms with Gasteiger partial charge in [-0.2, -0.15) is 0 Å². The molecule has 0 aromatic heterocycles. The van der Waals surface area contributed by atoms with Crippen LogP contribution in [0.4, 0.5) is 17.1 Å². The number of carboxylic acid groups (broad SMARTS) is 1. The van der Waals surface area contributed by atoms with E-state index in [1.165, 1.54) is 18.2 Å². The van der Waals surface area contributed by atoms with E-state index in [9.17, 15) is 14.9 Å². The second kappa shape index (κ2) is 6.23. The zero-order valence-electron chi connectivity index (χ0n) is 10.3. The number of nitrogens with one attached hydrogen (secondary N) is 1. The van der Waals surface area contributed by atoms with Crippen LogP contribution in [-0.4, -0.2) is 16.0 Å². The molecular weight excluding hydrogens is 408 g/mol. The Morgan fingerprint density at radius 1 is 1.19 bits per heavy atom. The lowest BCUT2D eigenvalue weighted by molar-refractivity contribution is -0.385.